The minimum Gasteiger partial charge on any atom is -0.247 e. The maximum absolute atomic E-state index is 5.67. The lowest BCUT2D eigenvalue weighted by Crippen LogP contribution is -2.12. The van der Waals surface area contributed by atoms with Crippen LogP contribution < -0.4 is 0 Å². The maximum atomic E-state index is 5.67. The van der Waals surface area contributed by atoms with Crippen LogP contribution in [0.4, 0.5) is 11.4 Å². The van der Waals surface area contributed by atoms with E-state index in [4.69, 9.17) is 9.98 Å². The summed E-state index contributed by atoms with van der Waals surface area (Å²) in [5, 5.41) is 7.01. The van der Waals surface area contributed by atoms with Gasteiger partial charge in [-0.25, -0.2) is 9.98 Å². The minimum atomic E-state index is 0.370. The first kappa shape index (κ1) is 32.3. The van der Waals surface area contributed by atoms with E-state index >= 15 is 0 Å². The lowest BCUT2D eigenvalue weighted by atomic mass is 9.84. The molecule has 2 nitrogen and oxygen atoms in total. The van der Waals surface area contributed by atoms with E-state index in [-0.39, 0.29) is 0 Å². The summed E-state index contributed by atoms with van der Waals surface area (Å²) in [5.74, 6) is 0.370. The number of allylic oxidation sites excluding steroid dienone is 1. The second-order valence-corrected chi connectivity index (χ2v) is 15.0. The average molecular weight is 713 g/mol. The standard InChI is InChI=1S/C54H36N2/c1-3-11-35(12-4-1)41-19-21-45-29-47(25-23-43(45)27-41)53-49-31-37-15-7-9-17-39(37)33-51(49)56-54(50-32-38-16-8-10-18-40(38)34-52(50)55-53)48-26-24-44-28-42(20-22-46(44)30-48)36-13-5-2-6-14-36/h1-27,29-34,42H,28H2/b53-49?,54-50?,55-52?,55-53-,56-51?,56-54-. The molecule has 0 fully saturated rings. The summed E-state index contributed by atoms with van der Waals surface area (Å²) < 4.78 is 0. The number of fused-ring (bicyclic) bond motifs is 6. The van der Waals surface area contributed by atoms with Gasteiger partial charge in [0.15, 0.2) is 0 Å². The molecule has 1 unspecified atom stereocenters. The van der Waals surface area contributed by atoms with Crippen LogP contribution in [0.3, 0.4) is 0 Å². The van der Waals surface area contributed by atoms with Gasteiger partial charge in [0.1, 0.15) is 0 Å². The number of rotatable bonds is 4. The number of hydrogen-bond donors (Lipinski definition) is 0. The molecule has 56 heavy (non-hydrogen) atoms. The highest BCUT2D eigenvalue weighted by atomic mass is 14.8. The molecule has 9 aromatic carbocycles. The van der Waals surface area contributed by atoms with Crippen LogP contribution in [-0.4, -0.2) is 11.4 Å². The Labute approximate surface area is 326 Å². The molecule has 0 radical (unpaired) electrons. The van der Waals surface area contributed by atoms with Gasteiger partial charge in [0.25, 0.3) is 0 Å². The molecular weight excluding hydrogens is 677 g/mol. The molecule has 0 bridgehead atoms. The zero-order valence-electron chi connectivity index (χ0n) is 30.7. The molecule has 0 saturated heterocycles. The number of hydrogen-bond acceptors (Lipinski definition) is 2. The normalized spacial score (nSPS) is 16.5. The van der Waals surface area contributed by atoms with Crippen LogP contribution in [-0.2, 0) is 6.42 Å². The maximum Gasteiger partial charge on any atom is 0.0803 e. The number of benzene rings is 9. The number of nitrogens with zero attached hydrogens (tertiary/aromatic N) is 2. The van der Waals surface area contributed by atoms with Crippen LogP contribution in [0.25, 0.3) is 49.5 Å². The summed E-state index contributed by atoms with van der Waals surface area (Å²) in [5.41, 5.74) is 14.2. The molecule has 11 rings (SSSR count). The summed E-state index contributed by atoms with van der Waals surface area (Å²) in [4.78, 5) is 11.3. The molecule has 2 heteroatoms. The first-order valence-corrected chi connectivity index (χ1v) is 19.4. The van der Waals surface area contributed by atoms with Gasteiger partial charge < -0.3 is 0 Å². The van der Waals surface area contributed by atoms with Gasteiger partial charge in [-0.1, -0.05) is 158 Å². The fraction of sp³-hybridized carbons (Fsp3) is 0.0370. The summed E-state index contributed by atoms with van der Waals surface area (Å²) in [6, 6.07) is 67.9. The number of aliphatic imine (C=N–C) groups is 2. The molecule has 0 amide bonds. The van der Waals surface area contributed by atoms with E-state index in [0.717, 1.165) is 67.6 Å². The minimum absolute atomic E-state index is 0.370. The van der Waals surface area contributed by atoms with Crippen molar-refractivity contribution in [3.8, 4) is 11.1 Å². The van der Waals surface area contributed by atoms with E-state index < -0.39 is 0 Å². The molecule has 1 aliphatic heterocycles. The summed E-state index contributed by atoms with van der Waals surface area (Å²) in [6.07, 6.45) is 5.63. The Balaban J connectivity index is 1.11. The molecule has 262 valence electrons. The highest BCUT2D eigenvalue weighted by Crippen LogP contribution is 2.39. The Morgan fingerprint density at radius 1 is 0.375 bits per heavy atom. The van der Waals surface area contributed by atoms with Crippen molar-refractivity contribution < 1.29 is 0 Å². The van der Waals surface area contributed by atoms with Crippen molar-refractivity contribution in [2.24, 2.45) is 9.98 Å². The van der Waals surface area contributed by atoms with Crippen molar-refractivity contribution >= 4 is 61.2 Å². The second-order valence-electron chi connectivity index (χ2n) is 15.0. The van der Waals surface area contributed by atoms with E-state index in [1.807, 2.05) is 0 Å². The topological polar surface area (TPSA) is 24.7 Å². The second kappa shape index (κ2) is 13.3. The summed E-state index contributed by atoms with van der Waals surface area (Å²) in [6.45, 7) is 0. The van der Waals surface area contributed by atoms with Crippen molar-refractivity contribution in [3.05, 3.63) is 233 Å². The molecule has 0 N–H and O–H groups in total. The highest BCUT2D eigenvalue weighted by molar-refractivity contribution is 6.25. The molecule has 0 saturated carbocycles. The van der Waals surface area contributed by atoms with E-state index in [1.54, 1.807) is 0 Å². The van der Waals surface area contributed by atoms with Crippen molar-refractivity contribution in [1.29, 1.82) is 0 Å². The first-order valence-electron chi connectivity index (χ1n) is 19.4. The lowest BCUT2D eigenvalue weighted by molar-refractivity contribution is 0.827. The van der Waals surface area contributed by atoms with Crippen LogP contribution in [0.1, 0.15) is 44.9 Å². The van der Waals surface area contributed by atoms with Crippen LogP contribution in [0.5, 0.6) is 0 Å². The van der Waals surface area contributed by atoms with Gasteiger partial charge in [0.2, 0.25) is 0 Å². The third kappa shape index (κ3) is 5.75. The lowest BCUT2D eigenvalue weighted by Gasteiger charge is -2.22. The molecular formula is C54H36N2. The predicted molar refractivity (Wildman–Crippen MR) is 236 cm³/mol. The summed E-state index contributed by atoms with van der Waals surface area (Å²) >= 11 is 0. The van der Waals surface area contributed by atoms with Crippen LogP contribution in [0.15, 0.2) is 204 Å². The smallest absolute Gasteiger partial charge is 0.0803 e. The average Bonchev–Trinajstić information content (AvgIpc) is 3.26. The Morgan fingerprint density at radius 3 is 1.48 bits per heavy atom. The largest absolute Gasteiger partial charge is 0.247 e. The third-order valence-corrected chi connectivity index (χ3v) is 11.5. The molecule has 1 atom stereocenters. The Kier molecular flexibility index (Phi) is 7.67. The zero-order valence-corrected chi connectivity index (χ0v) is 30.7. The SMILES string of the molecule is C1=CC(c2ccccc2)Cc2ccc(/C3=N/c4cc5ccccc5cc4/C(c4ccc5cc(-c6ccccc6)ccc5c4)=N\c4cc5ccccc5cc43)cc21. The van der Waals surface area contributed by atoms with Crippen LogP contribution >= 0.6 is 0 Å². The molecule has 1 aliphatic carbocycles. The van der Waals surface area contributed by atoms with Gasteiger partial charge in [-0.2, -0.15) is 0 Å². The highest BCUT2D eigenvalue weighted by Gasteiger charge is 2.24. The van der Waals surface area contributed by atoms with Crippen molar-refractivity contribution in [3.63, 3.8) is 0 Å². The third-order valence-electron chi connectivity index (χ3n) is 11.5. The monoisotopic (exact) mass is 712 g/mol. The van der Waals surface area contributed by atoms with E-state index in [2.05, 4.69) is 200 Å². The van der Waals surface area contributed by atoms with Crippen LogP contribution in [0.2, 0.25) is 0 Å². The van der Waals surface area contributed by atoms with Gasteiger partial charge in [-0.15, -0.1) is 0 Å². The fourth-order valence-corrected chi connectivity index (χ4v) is 8.56. The van der Waals surface area contributed by atoms with Crippen LogP contribution in [0, 0.1) is 0 Å². The molecule has 9 aromatic rings. The van der Waals surface area contributed by atoms with Gasteiger partial charge in [0, 0.05) is 28.2 Å². The molecule has 0 spiro atoms. The van der Waals surface area contributed by atoms with Gasteiger partial charge in [-0.05, 0) is 109 Å². The quantitative estimate of drug-likeness (QED) is 0.174. The Morgan fingerprint density at radius 2 is 0.857 bits per heavy atom. The first-order chi connectivity index (χ1) is 27.7. The molecule has 2 aliphatic rings. The van der Waals surface area contributed by atoms with E-state index in [0.29, 0.717) is 5.92 Å². The van der Waals surface area contributed by atoms with Gasteiger partial charge >= 0.3 is 0 Å². The van der Waals surface area contributed by atoms with Gasteiger partial charge in [0.05, 0.1) is 22.8 Å². The zero-order chi connectivity index (χ0) is 37.0. The molecule has 0 aromatic heterocycles. The van der Waals surface area contributed by atoms with E-state index in [1.165, 1.54) is 44.0 Å². The Hall–Kier alpha value is -7.16. The summed E-state index contributed by atoms with van der Waals surface area (Å²) in [7, 11) is 0. The van der Waals surface area contributed by atoms with Crippen molar-refractivity contribution in [1.82, 2.24) is 0 Å². The fourth-order valence-electron chi connectivity index (χ4n) is 8.56. The predicted octanol–water partition coefficient (Wildman–Crippen LogP) is 13.8. The molecule has 1 heterocycles. The van der Waals surface area contributed by atoms with Crippen molar-refractivity contribution in [2.45, 2.75) is 12.3 Å². The van der Waals surface area contributed by atoms with Crippen molar-refractivity contribution in [2.75, 3.05) is 0 Å². The Bertz CT molecular complexity index is 3100. The van der Waals surface area contributed by atoms with Gasteiger partial charge in [-0.3, -0.25) is 0 Å². The van der Waals surface area contributed by atoms with E-state index in [9.17, 15) is 0 Å².